The highest BCUT2D eigenvalue weighted by Gasteiger charge is 2.17. The highest BCUT2D eigenvalue weighted by Crippen LogP contribution is 2.20. The fraction of sp³-hybridized carbons (Fsp3) is 0.350. The van der Waals surface area contributed by atoms with Gasteiger partial charge in [-0.3, -0.25) is 4.90 Å². The third-order valence-electron chi connectivity index (χ3n) is 4.77. The average molecular weight is 356 g/mol. The zero-order valence-corrected chi connectivity index (χ0v) is 15.0. The minimum atomic E-state index is 0.793. The number of para-hydroxylation sites is 2. The highest BCUT2D eigenvalue weighted by molar-refractivity contribution is 6.30. The van der Waals surface area contributed by atoms with Crippen LogP contribution in [-0.4, -0.2) is 42.6 Å². The van der Waals surface area contributed by atoms with E-state index >= 15 is 0 Å². The van der Waals surface area contributed by atoms with Crippen LogP contribution in [0.1, 0.15) is 12.3 Å². The Morgan fingerprint density at radius 2 is 1.72 bits per heavy atom. The highest BCUT2D eigenvalue weighted by atomic mass is 35.5. The second-order valence-corrected chi connectivity index (χ2v) is 6.92. The van der Waals surface area contributed by atoms with Crippen LogP contribution in [0.25, 0.3) is 11.1 Å². The Morgan fingerprint density at radius 3 is 2.48 bits per heavy atom. The van der Waals surface area contributed by atoms with Gasteiger partial charge in [-0.25, -0.2) is 4.98 Å². The molecule has 1 aliphatic rings. The second kappa shape index (κ2) is 7.46. The van der Waals surface area contributed by atoms with Crippen LogP contribution < -0.4 is 4.90 Å². The van der Waals surface area contributed by atoms with Gasteiger partial charge in [0, 0.05) is 43.3 Å². The van der Waals surface area contributed by atoms with Crippen LogP contribution in [-0.2, 0) is 6.42 Å². The van der Waals surface area contributed by atoms with Crippen molar-refractivity contribution in [3.63, 3.8) is 0 Å². The number of nitrogens with zero attached hydrogens (tertiary/aromatic N) is 3. The van der Waals surface area contributed by atoms with Crippen LogP contribution in [0.4, 0.5) is 5.69 Å². The fourth-order valence-corrected chi connectivity index (χ4v) is 3.49. The van der Waals surface area contributed by atoms with Gasteiger partial charge in [0.15, 0.2) is 11.5 Å². The van der Waals surface area contributed by atoms with E-state index in [1.54, 1.807) is 0 Å². The molecule has 0 unspecified atom stereocenters. The topological polar surface area (TPSA) is 32.5 Å². The lowest BCUT2D eigenvalue weighted by Gasteiger charge is -2.36. The van der Waals surface area contributed by atoms with E-state index in [0.29, 0.717) is 0 Å². The third-order valence-corrected chi connectivity index (χ3v) is 5.02. The number of halogens is 1. The summed E-state index contributed by atoms with van der Waals surface area (Å²) in [7, 11) is 0. The van der Waals surface area contributed by atoms with Crippen molar-refractivity contribution in [1.82, 2.24) is 9.88 Å². The summed E-state index contributed by atoms with van der Waals surface area (Å²) in [5, 5.41) is 0.793. The molecule has 0 aliphatic carbocycles. The van der Waals surface area contributed by atoms with E-state index in [-0.39, 0.29) is 0 Å². The normalized spacial score (nSPS) is 15.8. The minimum absolute atomic E-state index is 0.793. The lowest BCUT2D eigenvalue weighted by atomic mass is 10.2. The first kappa shape index (κ1) is 16.4. The predicted molar refractivity (Wildman–Crippen MR) is 102 cm³/mol. The summed E-state index contributed by atoms with van der Waals surface area (Å²) in [6, 6.07) is 16.1. The fourth-order valence-electron chi connectivity index (χ4n) is 3.36. The molecule has 0 N–H and O–H groups in total. The lowest BCUT2D eigenvalue weighted by molar-refractivity contribution is 0.253. The summed E-state index contributed by atoms with van der Waals surface area (Å²) in [6.45, 7) is 5.40. The smallest absolute Gasteiger partial charge is 0.195 e. The van der Waals surface area contributed by atoms with Gasteiger partial charge in [0.05, 0.1) is 0 Å². The monoisotopic (exact) mass is 355 g/mol. The first-order valence-electron chi connectivity index (χ1n) is 8.85. The first-order chi connectivity index (χ1) is 12.3. The molecule has 0 saturated carbocycles. The van der Waals surface area contributed by atoms with Gasteiger partial charge >= 0.3 is 0 Å². The SMILES string of the molecule is Clc1ccc(N2CCN(CCCc3nc4ccccc4o3)CC2)cc1. The standard InChI is InChI=1S/C20H22ClN3O/c21-16-7-9-17(10-8-16)24-14-12-23(13-15-24)11-3-6-20-22-18-4-1-2-5-19(18)25-20/h1-2,4-5,7-10H,3,6,11-15H2. The van der Waals surface area contributed by atoms with Gasteiger partial charge in [0.2, 0.25) is 0 Å². The zero-order valence-electron chi connectivity index (χ0n) is 14.2. The molecule has 0 amide bonds. The molecule has 1 saturated heterocycles. The molecular weight excluding hydrogens is 334 g/mol. The van der Waals surface area contributed by atoms with Crippen LogP contribution in [0.3, 0.4) is 0 Å². The summed E-state index contributed by atoms with van der Waals surface area (Å²) < 4.78 is 5.79. The van der Waals surface area contributed by atoms with Crippen LogP contribution in [0.5, 0.6) is 0 Å². The number of aryl methyl sites for hydroxylation is 1. The van der Waals surface area contributed by atoms with Gasteiger partial charge in [-0.1, -0.05) is 23.7 Å². The summed E-state index contributed by atoms with van der Waals surface area (Å²) in [5.41, 5.74) is 3.10. The van der Waals surface area contributed by atoms with E-state index < -0.39 is 0 Å². The van der Waals surface area contributed by atoms with Crippen LogP contribution >= 0.6 is 11.6 Å². The molecule has 3 aromatic rings. The van der Waals surface area contributed by atoms with Gasteiger partial charge in [-0.05, 0) is 49.4 Å². The Bertz CT molecular complexity index is 789. The van der Waals surface area contributed by atoms with Gasteiger partial charge < -0.3 is 9.32 Å². The van der Waals surface area contributed by atoms with Crippen molar-refractivity contribution in [3.8, 4) is 0 Å². The maximum Gasteiger partial charge on any atom is 0.195 e. The molecule has 25 heavy (non-hydrogen) atoms. The molecule has 1 fully saturated rings. The van der Waals surface area contributed by atoms with Crippen molar-refractivity contribution in [3.05, 3.63) is 59.4 Å². The molecule has 0 bridgehead atoms. The molecule has 2 heterocycles. The molecule has 0 spiro atoms. The summed E-state index contributed by atoms with van der Waals surface area (Å²) >= 11 is 5.97. The maximum atomic E-state index is 5.97. The number of rotatable bonds is 5. The number of benzene rings is 2. The van der Waals surface area contributed by atoms with Crippen molar-refractivity contribution in [2.75, 3.05) is 37.6 Å². The van der Waals surface area contributed by atoms with Gasteiger partial charge in [-0.2, -0.15) is 0 Å². The number of aromatic nitrogens is 1. The quantitative estimate of drug-likeness (QED) is 0.685. The van der Waals surface area contributed by atoms with E-state index in [0.717, 1.165) is 67.6 Å². The molecule has 1 aliphatic heterocycles. The number of fused-ring (bicyclic) bond motifs is 1. The molecule has 0 radical (unpaired) electrons. The number of hydrogen-bond donors (Lipinski definition) is 0. The molecule has 4 nitrogen and oxygen atoms in total. The van der Waals surface area contributed by atoms with E-state index in [2.05, 4.69) is 26.9 Å². The van der Waals surface area contributed by atoms with Crippen LogP contribution in [0, 0.1) is 0 Å². The zero-order chi connectivity index (χ0) is 17.1. The molecule has 5 heteroatoms. The minimum Gasteiger partial charge on any atom is -0.441 e. The first-order valence-corrected chi connectivity index (χ1v) is 9.23. The Labute approximate surface area is 153 Å². The Hall–Kier alpha value is -2.04. The Balaban J connectivity index is 1.24. The van der Waals surface area contributed by atoms with Crippen LogP contribution in [0.15, 0.2) is 52.9 Å². The molecule has 130 valence electrons. The average Bonchev–Trinajstić information content (AvgIpc) is 3.06. The summed E-state index contributed by atoms with van der Waals surface area (Å²) in [5.74, 6) is 0.848. The summed E-state index contributed by atoms with van der Waals surface area (Å²) in [4.78, 5) is 9.50. The second-order valence-electron chi connectivity index (χ2n) is 6.48. The summed E-state index contributed by atoms with van der Waals surface area (Å²) in [6.07, 6.45) is 1.97. The van der Waals surface area contributed by atoms with Crippen molar-refractivity contribution >= 4 is 28.4 Å². The number of oxazole rings is 1. The van der Waals surface area contributed by atoms with Crippen molar-refractivity contribution in [2.24, 2.45) is 0 Å². The number of anilines is 1. The van der Waals surface area contributed by atoms with E-state index in [1.165, 1.54) is 5.69 Å². The van der Waals surface area contributed by atoms with Gasteiger partial charge in [0.25, 0.3) is 0 Å². The molecular formula is C20H22ClN3O. The molecule has 0 atom stereocenters. The van der Waals surface area contributed by atoms with E-state index in [1.807, 2.05) is 36.4 Å². The van der Waals surface area contributed by atoms with Crippen LogP contribution in [0.2, 0.25) is 5.02 Å². The van der Waals surface area contributed by atoms with E-state index in [4.69, 9.17) is 16.0 Å². The predicted octanol–water partition coefficient (Wildman–Crippen LogP) is 4.24. The Morgan fingerprint density at radius 1 is 0.960 bits per heavy atom. The largest absolute Gasteiger partial charge is 0.441 e. The maximum absolute atomic E-state index is 5.97. The van der Waals surface area contributed by atoms with Crippen molar-refractivity contribution in [1.29, 1.82) is 0 Å². The lowest BCUT2D eigenvalue weighted by Crippen LogP contribution is -2.46. The molecule has 1 aromatic heterocycles. The Kier molecular flexibility index (Phi) is 4.90. The van der Waals surface area contributed by atoms with Gasteiger partial charge in [0.1, 0.15) is 5.52 Å². The van der Waals surface area contributed by atoms with Crippen molar-refractivity contribution in [2.45, 2.75) is 12.8 Å². The molecule has 2 aromatic carbocycles. The van der Waals surface area contributed by atoms with Gasteiger partial charge in [-0.15, -0.1) is 0 Å². The van der Waals surface area contributed by atoms with Crippen molar-refractivity contribution < 1.29 is 4.42 Å². The molecule has 4 rings (SSSR count). The van der Waals surface area contributed by atoms with E-state index in [9.17, 15) is 0 Å². The number of piperazine rings is 1. The number of hydrogen-bond acceptors (Lipinski definition) is 4. The third kappa shape index (κ3) is 3.97.